The molecule has 0 fully saturated rings. The molecule has 0 radical (unpaired) electrons. The van der Waals surface area contributed by atoms with Gasteiger partial charge in [0.05, 0.1) is 11.4 Å². The Labute approximate surface area is 146 Å². The normalized spacial score (nSPS) is 10.7. The third-order valence-corrected chi connectivity index (χ3v) is 4.31. The lowest BCUT2D eigenvalue weighted by Crippen LogP contribution is -2.15. The van der Waals surface area contributed by atoms with Crippen molar-refractivity contribution in [3.63, 3.8) is 0 Å². The Bertz CT molecular complexity index is 901. The lowest BCUT2D eigenvalue weighted by molar-refractivity contribution is -0.113. The Balaban J connectivity index is 1.64. The molecule has 9 heteroatoms. The average molecular weight is 361 g/mol. The Kier molecular flexibility index (Phi) is 5.03. The van der Waals surface area contributed by atoms with E-state index in [2.05, 4.69) is 20.5 Å². The second-order valence-corrected chi connectivity index (χ2v) is 6.01. The summed E-state index contributed by atoms with van der Waals surface area (Å²) < 4.78 is 28.1. The summed E-state index contributed by atoms with van der Waals surface area (Å²) in [5.74, 6) is -1.32. The first-order chi connectivity index (χ1) is 12.0. The first-order valence-corrected chi connectivity index (χ1v) is 8.20. The van der Waals surface area contributed by atoms with Gasteiger partial charge >= 0.3 is 0 Å². The van der Waals surface area contributed by atoms with E-state index in [0.29, 0.717) is 17.0 Å². The van der Waals surface area contributed by atoms with Gasteiger partial charge < -0.3 is 9.88 Å². The number of pyridine rings is 1. The van der Waals surface area contributed by atoms with Crippen LogP contribution in [-0.2, 0) is 11.8 Å². The van der Waals surface area contributed by atoms with Crippen LogP contribution in [0.2, 0.25) is 0 Å². The van der Waals surface area contributed by atoms with E-state index in [1.807, 2.05) is 6.07 Å². The fourth-order valence-electron chi connectivity index (χ4n) is 2.09. The topological polar surface area (TPSA) is 72.7 Å². The summed E-state index contributed by atoms with van der Waals surface area (Å²) in [4.78, 5) is 16.0. The van der Waals surface area contributed by atoms with E-state index in [9.17, 15) is 13.6 Å². The number of hydrogen-bond acceptors (Lipinski definition) is 5. The second kappa shape index (κ2) is 7.39. The number of carbonyl (C=O) groups excluding carboxylic acids is 1. The summed E-state index contributed by atoms with van der Waals surface area (Å²) in [5, 5.41) is 11.1. The molecule has 1 N–H and O–H groups in total. The van der Waals surface area contributed by atoms with Crippen molar-refractivity contribution in [3.05, 3.63) is 54.4 Å². The zero-order valence-electron chi connectivity index (χ0n) is 13.1. The molecule has 3 rings (SSSR count). The largest absolute Gasteiger partial charge is 0.323 e. The molecule has 0 aliphatic heterocycles. The Hall–Kier alpha value is -2.81. The van der Waals surface area contributed by atoms with Crippen LogP contribution in [-0.4, -0.2) is 31.4 Å². The highest BCUT2D eigenvalue weighted by atomic mass is 32.2. The average Bonchev–Trinajstić information content (AvgIpc) is 2.97. The number of rotatable bonds is 5. The van der Waals surface area contributed by atoms with Crippen molar-refractivity contribution in [1.82, 2.24) is 19.7 Å². The molecule has 25 heavy (non-hydrogen) atoms. The molecule has 0 aliphatic rings. The Morgan fingerprint density at radius 3 is 2.84 bits per heavy atom. The SMILES string of the molecule is Cn1c(SCC(=O)Nc2ccc(F)cc2F)nnc1-c1cccnc1. The number of anilines is 1. The highest BCUT2D eigenvalue weighted by Gasteiger charge is 2.14. The van der Waals surface area contributed by atoms with Crippen molar-refractivity contribution in [3.8, 4) is 11.4 Å². The zero-order chi connectivity index (χ0) is 17.8. The van der Waals surface area contributed by atoms with E-state index in [1.165, 1.54) is 6.07 Å². The summed E-state index contributed by atoms with van der Waals surface area (Å²) in [7, 11) is 1.78. The molecular weight excluding hydrogens is 348 g/mol. The Morgan fingerprint density at radius 2 is 2.12 bits per heavy atom. The molecule has 0 bridgehead atoms. The number of nitrogens with one attached hydrogen (secondary N) is 1. The minimum absolute atomic E-state index is 0.00975. The van der Waals surface area contributed by atoms with Gasteiger partial charge in [-0.3, -0.25) is 9.78 Å². The lowest BCUT2D eigenvalue weighted by atomic mass is 10.3. The van der Waals surface area contributed by atoms with Gasteiger partial charge in [0.1, 0.15) is 11.6 Å². The van der Waals surface area contributed by atoms with Gasteiger partial charge in [-0.15, -0.1) is 10.2 Å². The van der Waals surface area contributed by atoms with Gasteiger partial charge in [-0.25, -0.2) is 8.78 Å². The van der Waals surface area contributed by atoms with Gasteiger partial charge in [0.25, 0.3) is 0 Å². The quantitative estimate of drug-likeness (QED) is 0.708. The van der Waals surface area contributed by atoms with Crippen LogP contribution in [0.5, 0.6) is 0 Å². The molecule has 0 aliphatic carbocycles. The molecule has 1 aromatic carbocycles. The van der Waals surface area contributed by atoms with Gasteiger partial charge in [0.2, 0.25) is 5.91 Å². The molecule has 3 aromatic rings. The van der Waals surface area contributed by atoms with Gasteiger partial charge in [0.15, 0.2) is 11.0 Å². The Morgan fingerprint density at radius 1 is 1.28 bits per heavy atom. The number of halogens is 2. The highest BCUT2D eigenvalue weighted by molar-refractivity contribution is 7.99. The van der Waals surface area contributed by atoms with E-state index >= 15 is 0 Å². The molecule has 2 aromatic heterocycles. The van der Waals surface area contributed by atoms with E-state index in [4.69, 9.17) is 0 Å². The van der Waals surface area contributed by atoms with Crippen molar-refractivity contribution in [1.29, 1.82) is 0 Å². The van der Waals surface area contributed by atoms with Crippen LogP contribution in [0.1, 0.15) is 0 Å². The van der Waals surface area contributed by atoms with Gasteiger partial charge in [0, 0.05) is 31.1 Å². The van der Waals surface area contributed by atoms with Crippen LogP contribution >= 0.6 is 11.8 Å². The minimum atomic E-state index is -0.823. The van der Waals surface area contributed by atoms with E-state index in [1.54, 1.807) is 30.1 Å². The van der Waals surface area contributed by atoms with Crippen LogP contribution in [0.3, 0.4) is 0 Å². The van der Waals surface area contributed by atoms with Crippen LogP contribution in [0.4, 0.5) is 14.5 Å². The van der Waals surface area contributed by atoms with E-state index < -0.39 is 17.5 Å². The standard InChI is InChI=1S/C16H13F2N5OS/c1-23-15(10-3-2-6-19-8-10)21-22-16(23)25-9-14(24)20-13-5-4-11(17)7-12(13)18/h2-8H,9H2,1H3,(H,20,24). The number of carbonyl (C=O) groups is 1. The molecule has 0 spiro atoms. The summed E-state index contributed by atoms with van der Waals surface area (Å²) in [6, 6.07) is 6.62. The highest BCUT2D eigenvalue weighted by Crippen LogP contribution is 2.22. The maximum absolute atomic E-state index is 13.5. The molecule has 1 amide bonds. The van der Waals surface area contributed by atoms with E-state index in [0.717, 1.165) is 23.4 Å². The van der Waals surface area contributed by atoms with Crippen LogP contribution < -0.4 is 5.32 Å². The fraction of sp³-hybridized carbons (Fsp3) is 0.125. The first kappa shape index (κ1) is 17.0. The van der Waals surface area contributed by atoms with Crippen LogP contribution in [0.25, 0.3) is 11.4 Å². The molecule has 0 saturated heterocycles. The van der Waals surface area contributed by atoms with E-state index in [-0.39, 0.29) is 11.4 Å². The molecular formula is C16H13F2N5OS. The number of nitrogens with zero attached hydrogens (tertiary/aromatic N) is 4. The van der Waals surface area contributed by atoms with Gasteiger partial charge in [-0.2, -0.15) is 0 Å². The molecule has 2 heterocycles. The fourth-order valence-corrected chi connectivity index (χ4v) is 2.81. The third-order valence-electron chi connectivity index (χ3n) is 3.29. The van der Waals surface area contributed by atoms with Crippen LogP contribution in [0.15, 0.2) is 47.9 Å². The van der Waals surface area contributed by atoms with Crippen molar-refractivity contribution in [2.75, 3.05) is 11.1 Å². The number of hydrogen-bond donors (Lipinski definition) is 1. The van der Waals surface area contributed by atoms with Gasteiger partial charge in [-0.1, -0.05) is 11.8 Å². The maximum atomic E-state index is 13.5. The maximum Gasteiger partial charge on any atom is 0.234 e. The zero-order valence-corrected chi connectivity index (χ0v) is 13.9. The van der Waals surface area contributed by atoms with Crippen LogP contribution in [0, 0.1) is 11.6 Å². The monoisotopic (exact) mass is 361 g/mol. The van der Waals surface area contributed by atoms with Gasteiger partial charge in [-0.05, 0) is 24.3 Å². The third kappa shape index (κ3) is 4.00. The number of aromatic nitrogens is 4. The number of thioether (sulfide) groups is 1. The molecule has 0 unspecified atom stereocenters. The predicted molar refractivity (Wildman–Crippen MR) is 89.9 cm³/mol. The molecule has 128 valence electrons. The predicted octanol–water partition coefficient (Wildman–Crippen LogP) is 2.89. The first-order valence-electron chi connectivity index (χ1n) is 7.22. The summed E-state index contributed by atoms with van der Waals surface area (Å²) in [6.07, 6.45) is 3.33. The second-order valence-electron chi connectivity index (χ2n) is 5.07. The summed E-state index contributed by atoms with van der Waals surface area (Å²) in [5.41, 5.74) is 0.739. The smallest absolute Gasteiger partial charge is 0.234 e. The van der Waals surface area contributed by atoms with Crippen molar-refractivity contribution in [2.45, 2.75) is 5.16 Å². The minimum Gasteiger partial charge on any atom is -0.323 e. The van der Waals surface area contributed by atoms with Crippen molar-refractivity contribution in [2.24, 2.45) is 7.05 Å². The number of amides is 1. The molecule has 0 saturated carbocycles. The molecule has 6 nitrogen and oxygen atoms in total. The van der Waals surface area contributed by atoms with Crippen molar-refractivity contribution < 1.29 is 13.6 Å². The summed E-state index contributed by atoms with van der Waals surface area (Å²) >= 11 is 1.16. The summed E-state index contributed by atoms with van der Waals surface area (Å²) in [6.45, 7) is 0. The molecule has 0 atom stereocenters. The number of benzene rings is 1. The van der Waals surface area contributed by atoms with Crippen molar-refractivity contribution >= 4 is 23.4 Å². The lowest BCUT2D eigenvalue weighted by Gasteiger charge is -2.06.